The van der Waals surface area contributed by atoms with Crippen LogP contribution in [0.4, 0.5) is 0 Å². The molecule has 3 rings (SSSR count). The van der Waals surface area contributed by atoms with E-state index in [1.165, 1.54) is 0 Å². The van der Waals surface area contributed by atoms with Crippen molar-refractivity contribution in [1.29, 1.82) is 0 Å². The van der Waals surface area contributed by atoms with Crippen LogP contribution in [0.3, 0.4) is 0 Å². The topological polar surface area (TPSA) is 70.1 Å². The third kappa shape index (κ3) is 3.14. The van der Waals surface area contributed by atoms with E-state index < -0.39 is 15.6 Å². The Labute approximate surface area is 151 Å². The minimum absolute atomic E-state index is 0.0310. The van der Waals surface area contributed by atoms with E-state index in [0.717, 1.165) is 25.1 Å². The monoisotopic (exact) mass is 369 g/mol. The molecule has 0 bridgehead atoms. The van der Waals surface area contributed by atoms with Crippen molar-refractivity contribution < 1.29 is 13.2 Å². The predicted molar refractivity (Wildman–Crippen MR) is 98.9 cm³/mol. The van der Waals surface area contributed by atoms with Gasteiger partial charge in [-0.2, -0.15) is 0 Å². The first-order valence-corrected chi connectivity index (χ1v) is 11.2. The highest BCUT2D eigenvalue weighted by atomic mass is 32.2. The van der Waals surface area contributed by atoms with Gasteiger partial charge in [0.25, 0.3) is 5.91 Å². The number of amides is 1. The Hall–Kier alpha value is -0.950. The molecular formula is C18H31N3O3S. The zero-order valence-corrected chi connectivity index (χ0v) is 16.7. The quantitative estimate of drug-likeness (QED) is 0.720. The molecule has 1 amide bonds. The Kier molecular flexibility index (Phi) is 5.01. The first-order valence-electron chi connectivity index (χ1n) is 9.57. The zero-order chi connectivity index (χ0) is 18.4. The lowest BCUT2D eigenvalue weighted by Crippen LogP contribution is -2.47. The van der Waals surface area contributed by atoms with Gasteiger partial charge in [0.1, 0.15) is 11.4 Å². The van der Waals surface area contributed by atoms with E-state index >= 15 is 0 Å². The van der Waals surface area contributed by atoms with Gasteiger partial charge in [-0.05, 0) is 38.0 Å². The van der Waals surface area contributed by atoms with Crippen LogP contribution in [0.1, 0.15) is 53.4 Å². The van der Waals surface area contributed by atoms with Gasteiger partial charge in [0.2, 0.25) is 10.0 Å². The lowest BCUT2D eigenvalue weighted by Gasteiger charge is -2.28. The van der Waals surface area contributed by atoms with Gasteiger partial charge in [-0.15, -0.1) is 0 Å². The second-order valence-corrected chi connectivity index (χ2v) is 10.4. The summed E-state index contributed by atoms with van der Waals surface area (Å²) in [5.41, 5.74) is -0.710. The molecule has 1 aliphatic carbocycles. The summed E-state index contributed by atoms with van der Waals surface area (Å²) in [4.78, 5) is 19.8. The summed E-state index contributed by atoms with van der Waals surface area (Å²) >= 11 is 0. The second kappa shape index (κ2) is 6.65. The molecule has 25 heavy (non-hydrogen) atoms. The highest BCUT2D eigenvalue weighted by Gasteiger charge is 2.61. The van der Waals surface area contributed by atoms with Crippen LogP contribution in [-0.2, 0) is 14.8 Å². The van der Waals surface area contributed by atoms with Gasteiger partial charge in [0.15, 0.2) is 0 Å². The highest BCUT2D eigenvalue weighted by molar-refractivity contribution is 7.89. The molecular weight excluding hydrogens is 338 g/mol. The smallest absolute Gasteiger partial charge is 0.256 e. The molecule has 0 aromatic heterocycles. The Bertz CT molecular complexity index is 673. The highest BCUT2D eigenvalue weighted by Crippen LogP contribution is 2.50. The molecule has 0 aromatic rings. The van der Waals surface area contributed by atoms with E-state index in [4.69, 9.17) is 4.99 Å². The average molecular weight is 370 g/mol. The van der Waals surface area contributed by atoms with Crippen LogP contribution in [0.2, 0.25) is 0 Å². The molecule has 2 heterocycles. The number of amidine groups is 1. The van der Waals surface area contributed by atoms with E-state index in [-0.39, 0.29) is 23.5 Å². The second-order valence-electron chi connectivity index (χ2n) is 8.28. The van der Waals surface area contributed by atoms with E-state index in [0.29, 0.717) is 32.0 Å². The molecule has 1 saturated carbocycles. The van der Waals surface area contributed by atoms with Crippen molar-refractivity contribution in [2.75, 3.05) is 25.4 Å². The molecule has 142 valence electrons. The number of hydrogen-bond donors (Lipinski definition) is 0. The fraction of sp³-hybridized carbons (Fsp3) is 0.889. The van der Waals surface area contributed by atoms with Crippen LogP contribution in [0, 0.1) is 17.8 Å². The summed E-state index contributed by atoms with van der Waals surface area (Å²) < 4.78 is 26.8. The molecule has 3 aliphatic rings. The van der Waals surface area contributed by atoms with Crippen molar-refractivity contribution >= 4 is 21.8 Å². The maximum Gasteiger partial charge on any atom is 0.256 e. The number of sulfonamides is 1. The SMILES string of the molecule is CCCCS(=O)(=O)N1C[C@H]2CC[C@@]3(N=C(C)N(CC(C)C)C3=O)[C@H]2C1. The van der Waals surface area contributed by atoms with Crippen LogP contribution < -0.4 is 0 Å². The molecule has 0 unspecified atom stereocenters. The van der Waals surface area contributed by atoms with Crippen molar-refractivity contribution in [3.63, 3.8) is 0 Å². The predicted octanol–water partition coefficient (Wildman–Crippen LogP) is 2.11. The maximum absolute atomic E-state index is 13.2. The summed E-state index contributed by atoms with van der Waals surface area (Å²) in [6.07, 6.45) is 3.21. The van der Waals surface area contributed by atoms with Crippen molar-refractivity contribution in [1.82, 2.24) is 9.21 Å². The molecule has 0 radical (unpaired) electrons. The van der Waals surface area contributed by atoms with Gasteiger partial charge < -0.3 is 0 Å². The number of unbranched alkanes of at least 4 members (excludes halogenated alkanes) is 1. The standard InChI is InChI=1S/C18H31N3O3S/c1-5-6-9-25(23,24)20-11-15-7-8-18(16(15)12-20)17(22)21(10-13(2)3)14(4)19-18/h13,15-16H,5-12H2,1-4H3/t15-,16+,18-/m1/s1. The third-order valence-corrected chi connectivity index (χ3v) is 7.87. The first kappa shape index (κ1) is 18.8. The summed E-state index contributed by atoms with van der Waals surface area (Å²) in [6, 6.07) is 0. The molecule has 1 spiro atoms. The number of fused-ring (bicyclic) bond motifs is 2. The number of hydrogen-bond acceptors (Lipinski definition) is 4. The normalized spacial score (nSPS) is 32.9. The Morgan fingerprint density at radius 1 is 1.32 bits per heavy atom. The van der Waals surface area contributed by atoms with Crippen molar-refractivity contribution in [3.8, 4) is 0 Å². The molecule has 2 aliphatic heterocycles. The molecule has 0 N–H and O–H groups in total. The fourth-order valence-electron chi connectivity index (χ4n) is 4.70. The lowest BCUT2D eigenvalue weighted by molar-refractivity contribution is -0.132. The molecule has 0 aromatic carbocycles. The van der Waals surface area contributed by atoms with Crippen LogP contribution in [-0.4, -0.2) is 60.3 Å². The van der Waals surface area contributed by atoms with Crippen LogP contribution in [0.5, 0.6) is 0 Å². The Morgan fingerprint density at radius 3 is 2.68 bits per heavy atom. The number of carbonyl (C=O) groups is 1. The average Bonchev–Trinajstić information content (AvgIpc) is 3.16. The number of nitrogens with zero attached hydrogens (tertiary/aromatic N) is 3. The summed E-state index contributed by atoms with van der Waals surface area (Å²) in [5.74, 6) is 1.78. The van der Waals surface area contributed by atoms with Crippen molar-refractivity contribution in [3.05, 3.63) is 0 Å². The lowest BCUT2D eigenvalue weighted by atomic mass is 9.85. The third-order valence-electron chi connectivity index (χ3n) is 5.98. The maximum atomic E-state index is 13.2. The Morgan fingerprint density at radius 2 is 2.04 bits per heavy atom. The Balaban J connectivity index is 1.80. The van der Waals surface area contributed by atoms with Gasteiger partial charge >= 0.3 is 0 Å². The fourth-order valence-corrected chi connectivity index (χ4v) is 6.42. The van der Waals surface area contributed by atoms with Gasteiger partial charge in [0.05, 0.1) is 5.75 Å². The zero-order valence-electron chi connectivity index (χ0n) is 15.9. The van der Waals surface area contributed by atoms with Crippen LogP contribution in [0.15, 0.2) is 4.99 Å². The summed E-state index contributed by atoms with van der Waals surface area (Å²) in [6.45, 7) is 9.81. The number of carbonyl (C=O) groups excluding carboxylic acids is 1. The number of rotatable bonds is 6. The molecule has 1 saturated heterocycles. The molecule has 2 fully saturated rings. The summed E-state index contributed by atoms with van der Waals surface area (Å²) in [7, 11) is -3.21. The number of aliphatic imine (C=N–C) groups is 1. The van der Waals surface area contributed by atoms with Gasteiger partial charge in [0, 0.05) is 25.6 Å². The van der Waals surface area contributed by atoms with Crippen LogP contribution >= 0.6 is 0 Å². The van der Waals surface area contributed by atoms with Crippen molar-refractivity contribution in [2.45, 2.75) is 58.9 Å². The van der Waals surface area contributed by atoms with E-state index in [1.807, 2.05) is 18.7 Å². The van der Waals surface area contributed by atoms with E-state index in [2.05, 4.69) is 13.8 Å². The minimum atomic E-state index is -3.21. The van der Waals surface area contributed by atoms with Crippen molar-refractivity contribution in [2.24, 2.45) is 22.7 Å². The molecule has 3 atom stereocenters. The van der Waals surface area contributed by atoms with Crippen LogP contribution in [0.25, 0.3) is 0 Å². The van der Waals surface area contributed by atoms with Gasteiger partial charge in [-0.1, -0.05) is 27.2 Å². The van der Waals surface area contributed by atoms with Gasteiger partial charge in [-0.25, -0.2) is 12.7 Å². The molecule has 6 nitrogen and oxygen atoms in total. The largest absolute Gasteiger partial charge is 0.298 e. The first-order chi connectivity index (χ1) is 11.7. The van der Waals surface area contributed by atoms with Gasteiger partial charge in [-0.3, -0.25) is 14.7 Å². The molecule has 7 heteroatoms. The van der Waals surface area contributed by atoms with E-state index in [1.54, 1.807) is 4.31 Å². The summed E-state index contributed by atoms with van der Waals surface area (Å²) in [5, 5.41) is 0. The van der Waals surface area contributed by atoms with E-state index in [9.17, 15) is 13.2 Å². The minimum Gasteiger partial charge on any atom is -0.298 e.